The van der Waals surface area contributed by atoms with Crippen molar-refractivity contribution in [1.82, 2.24) is 9.80 Å². The van der Waals surface area contributed by atoms with Crippen LogP contribution in [-0.2, 0) is 9.53 Å². The van der Waals surface area contributed by atoms with Crippen molar-refractivity contribution in [3.63, 3.8) is 0 Å². The lowest BCUT2D eigenvalue weighted by Crippen LogP contribution is -2.53. The van der Waals surface area contributed by atoms with E-state index in [1.165, 1.54) is 4.90 Å². The number of carboxylic acid groups (broad SMARTS) is 1. The number of carbonyl (C=O) groups excluding carboxylic acids is 1. The lowest BCUT2D eigenvalue weighted by molar-refractivity contribution is -0.141. The summed E-state index contributed by atoms with van der Waals surface area (Å²) in [4.78, 5) is 26.3. The summed E-state index contributed by atoms with van der Waals surface area (Å²) < 4.78 is 5.49. The summed E-state index contributed by atoms with van der Waals surface area (Å²) in [7, 11) is 0. The summed E-state index contributed by atoms with van der Waals surface area (Å²) in [6.07, 6.45) is 0.166. The molecule has 19 heavy (non-hydrogen) atoms. The standard InChI is InChI=1S/C12H20N2O5/c1-2-9-7-13(3-4-19-9)12(18)14-6-8(15)5-10(14)11(16)17/h8-10,15H,2-7H2,1H3,(H,16,17)/t8-,9?,10-/m0/s1. The van der Waals surface area contributed by atoms with E-state index in [-0.39, 0.29) is 25.1 Å². The quantitative estimate of drug-likeness (QED) is 0.722. The Labute approximate surface area is 111 Å². The molecule has 2 N–H and O–H groups in total. The van der Waals surface area contributed by atoms with E-state index in [2.05, 4.69) is 0 Å². The van der Waals surface area contributed by atoms with Crippen LogP contribution in [0.2, 0.25) is 0 Å². The van der Waals surface area contributed by atoms with Gasteiger partial charge in [-0.2, -0.15) is 0 Å². The fourth-order valence-corrected chi connectivity index (χ4v) is 2.58. The molecule has 0 aromatic carbocycles. The van der Waals surface area contributed by atoms with Gasteiger partial charge in [-0.15, -0.1) is 0 Å². The largest absolute Gasteiger partial charge is 0.480 e. The lowest BCUT2D eigenvalue weighted by atomic mass is 10.2. The summed E-state index contributed by atoms with van der Waals surface area (Å²) in [5.41, 5.74) is 0. The van der Waals surface area contributed by atoms with Gasteiger partial charge in [0, 0.05) is 26.1 Å². The minimum atomic E-state index is -1.06. The first kappa shape index (κ1) is 14.1. The maximum Gasteiger partial charge on any atom is 0.326 e. The van der Waals surface area contributed by atoms with E-state index in [4.69, 9.17) is 9.84 Å². The number of nitrogens with zero attached hydrogens (tertiary/aromatic N) is 2. The van der Waals surface area contributed by atoms with Crippen molar-refractivity contribution in [2.75, 3.05) is 26.2 Å². The first-order valence-electron chi connectivity index (χ1n) is 6.61. The van der Waals surface area contributed by atoms with Gasteiger partial charge < -0.3 is 24.7 Å². The van der Waals surface area contributed by atoms with E-state index in [9.17, 15) is 14.7 Å². The number of hydrogen-bond donors (Lipinski definition) is 2. The molecule has 108 valence electrons. The number of rotatable bonds is 2. The van der Waals surface area contributed by atoms with Gasteiger partial charge in [-0.1, -0.05) is 6.92 Å². The molecule has 0 spiro atoms. The zero-order valence-corrected chi connectivity index (χ0v) is 11.0. The van der Waals surface area contributed by atoms with Crippen LogP contribution in [0.4, 0.5) is 4.79 Å². The number of urea groups is 1. The molecule has 7 heteroatoms. The summed E-state index contributed by atoms with van der Waals surface area (Å²) >= 11 is 0. The van der Waals surface area contributed by atoms with Gasteiger partial charge in [0.15, 0.2) is 0 Å². The van der Waals surface area contributed by atoms with Crippen LogP contribution < -0.4 is 0 Å². The van der Waals surface area contributed by atoms with Gasteiger partial charge in [0.2, 0.25) is 0 Å². The summed E-state index contributed by atoms with van der Waals surface area (Å²) in [5, 5.41) is 18.7. The molecule has 0 aromatic heterocycles. The van der Waals surface area contributed by atoms with Crippen LogP contribution in [0.25, 0.3) is 0 Å². The molecule has 2 amide bonds. The Balaban J connectivity index is 2.03. The topological polar surface area (TPSA) is 90.3 Å². The molecule has 2 rings (SSSR count). The molecule has 3 atom stereocenters. The zero-order chi connectivity index (χ0) is 14.0. The Morgan fingerprint density at radius 1 is 1.37 bits per heavy atom. The van der Waals surface area contributed by atoms with E-state index in [1.807, 2.05) is 6.92 Å². The van der Waals surface area contributed by atoms with Gasteiger partial charge in [0.1, 0.15) is 6.04 Å². The highest BCUT2D eigenvalue weighted by atomic mass is 16.5. The fraction of sp³-hybridized carbons (Fsp3) is 0.833. The number of morpholine rings is 1. The average Bonchev–Trinajstić information content (AvgIpc) is 2.80. The van der Waals surface area contributed by atoms with E-state index in [1.54, 1.807) is 4.90 Å². The number of carbonyl (C=O) groups is 2. The molecule has 1 unspecified atom stereocenters. The fourth-order valence-electron chi connectivity index (χ4n) is 2.58. The van der Waals surface area contributed by atoms with E-state index < -0.39 is 18.1 Å². The molecule has 2 saturated heterocycles. The lowest BCUT2D eigenvalue weighted by Gasteiger charge is -2.36. The van der Waals surface area contributed by atoms with Gasteiger partial charge >= 0.3 is 12.0 Å². The van der Waals surface area contributed by atoms with E-state index in [0.717, 1.165) is 6.42 Å². The van der Waals surface area contributed by atoms with Crippen molar-refractivity contribution in [2.24, 2.45) is 0 Å². The van der Waals surface area contributed by atoms with Gasteiger partial charge in [-0.3, -0.25) is 0 Å². The molecule has 2 fully saturated rings. The van der Waals surface area contributed by atoms with Crippen LogP contribution in [0.1, 0.15) is 19.8 Å². The number of carboxylic acids is 1. The molecule has 0 aromatic rings. The molecule has 2 aliphatic heterocycles. The monoisotopic (exact) mass is 272 g/mol. The highest BCUT2D eigenvalue weighted by Crippen LogP contribution is 2.21. The summed E-state index contributed by atoms with van der Waals surface area (Å²) in [6, 6.07) is -1.24. The molecule has 7 nitrogen and oxygen atoms in total. The van der Waals surface area contributed by atoms with E-state index in [0.29, 0.717) is 19.7 Å². The second-order valence-corrected chi connectivity index (χ2v) is 5.03. The minimum absolute atomic E-state index is 0.00787. The maximum absolute atomic E-state index is 12.3. The molecule has 2 heterocycles. The van der Waals surface area contributed by atoms with Crippen LogP contribution in [-0.4, -0.2) is 76.5 Å². The molecule has 0 saturated carbocycles. The number of likely N-dealkylation sites (tertiary alicyclic amines) is 1. The third-order valence-electron chi connectivity index (χ3n) is 3.67. The van der Waals surface area contributed by atoms with Crippen molar-refractivity contribution in [2.45, 2.75) is 38.0 Å². The van der Waals surface area contributed by atoms with Crippen LogP contribution in [0.5, 0.6) is 0 Å². The maximum atomic E-state index is 12.3. The molecule has 0 aliphatic carbocycles. The Morgan fingerprint density at radius 3 is 2.74 bits per heavy atom. The van der Waals surface area contributed by atoms with Crippen molar-refractivity contribution < 1.29 is 24.5 Å². The SMILES string of the molecule is CCC1CN(C(=O)N2C[C@@H](O)C[C@H]2C(=O)O)CCO1. The number of aliphatic hydroxyl groups is 1. The number of hydrogen-bond acceptors (Lipinski definition) is 4. The predicted molar refractivity (Wildman–Crippen MR) is 65.8 cm³/mol. The molecular formula is C12H20N2O5. The second-order valence-electron chi connectivity index (χ2n) is 5.03. The average molecular weight is 272 g/mol. The van der Waals surface area contributed by atoms with Crippen molar-refractivity contribution in [3.8, 4) is 0 Å². The van der Waals surface area contributed by atoms with Gasteiger partial charge in [0.25, 0.3) is 0 Å². The van der Waals surface area contributed by atoms with Crippen LogP contribution in [0.3, 0.4) is 0 Å². The number of amides is 2. The number of aliphatic hydroxyl groups excluding tert-OH is 1. The summed E-state index contributed by atoms with van der Waals surface area (Å²) in [5.74, 6) is -1.06. The minimum Gasteiger partial charge on any atom is -0.480 e. The van der Waals surface area contributed by atoms with Crippen molar-refractivity contribution in [3.05, 3.63) is 0 Å². The molecular weight excluding hydrogens is 252 g/mol. The van der Waals surface area contributed by atoms with Gasteiger partial charge in [0.05, 0.1) is 18.8 Å². The molecule has 0 radical (unpaired) electrons. The van der Waals surface area contributed by atoms with Crippen LogP contribution in [0.15, 0.2) is 0 Å². The number of β-amino-alcohol motifs (C(OH)–C–C–N with tert-alkyl or cyclic N) is 1. The summed E-state index contributed by atoms with van der Waals surface area (Å²) in [6.45, 7) is 3.49. The first-order valence-corrected chi connectivity index (χ1v) is 6.61. The van der Waals surface area contributed by atoms with E-state index >= 15 is 0 Å². The van der Waals surface area contributed by atoms with Crippen molar-refractivity contribution >= 4 is 12.0 Å². The van der Waals surface area contributed by atoms with Gasteiger partial charge in [-0.25, -0.2) is 9.59 Å². The Morgan fingerprint density at radius 2 is 2.11 bits per heavy atom. The highest BCUT2D eigenvalue weighted by molar-refractivity contribution is 5.83. The predicted octanol–water partition coefficient (Wildman–Crippen LogP) is -0.263. The molecule has 0 bridgehead atoms. The Kier molecular flexibility index (Phi) is 4.26. The normalized spacial score (nSPS) is 31.6. The number of aliphatic carboxylic acids is 1. The third kappa shape index (κ3) is 2.98. The second kappa shape index (κ2) is 5.75. The van der Waals surface area contributed by atoms with Gasteiger partial charge in [-0.05, 0) is 6.42 Å². The number of ether oxygens (including phenoxy) is 1. The van der Waals surface area contributed by atoms with Crippen LogP contribution in [0, 0.1) is 0 Å². The smallest absolute Gasteiger partial charge is 0.326 e. The first-order chi connectivity index (χ1) is 9.02. The third-order valence-corrected chi connectivity index (χ3v) is 3.67. The Hall–Kier alpha value is -1.34. The zero-order valence-electron chi connectivity index (χ0n) is 11.0. The highest BCUT2D eigenvalue weighted by Gasteiger charge is 2.41. The Bertz CT molecular complexity index is 362. The van der Waals surface area contributed by atoms with Crippen LogP contribution >= 0.6 is 0 Å². The molecule has 2 aliphatic rings. The van der Waals surface area contributed by atoms with Crippen molar-refractivity contribution in [1.29, 1.82) is 0 Å².